The third-order valence-electron chi connectivity index (χ3n) is 2.33. The topological polar surface area (TPSA) is 85.4 Å². The van der Waals surface area contributed by atoms with Crippen molar-refractivity contribution in [2.75, 3.05) is 5.73 Å². The van der Waals surface area contributed by atoms with Crippen LogP contribution in [0.2, 0.25) is 0 Å². The van der Waals surface area contributed by atoms with Crippen LogP contribution in [0, 0.1) is 3.57 Å². The normalized spacial score (nSPS) is 11.1. The average Bonchev–Trinajstić information content (AvgIpc) is 2.86. The van der Waals surface area contributed by atoms with Gasteiger partial charge in [-0.2, -0.15) is 5.10 Å². The quantitative estimate of drug-likeness (QED) is 0.661. The molecule has 0 radical (unpaired) electrons. The Balaban J connectivity index is 2.40. The summed E-state index contributed by atoms with van der Waals surface area (Å²) < 4.78 is 2.95. The van der Waals surface area contributed by atoms with E-state index in [4.69, 9.17) is 5.73 Å². The Labute approximate surface area is 104 Å². The molecule has 16 heavy (non-hydrogen) atoms. The first-order valence-electron chi connectivity index (χ1n) is 4.53. The number of nitrogens with one attached hydrogen (secondary N) is 1. The van der Waals surface area contributed by atoms with E-state index in [0.29, 0.717) is 5.82 Å². The third-order valence-corrected chi connectivity index (χ3v) is 3.15. The van der Waals surface area contributed by atoms with Crippen LogP contribution in [0.15, 0.2) is 24.9 Å². The zero-order valence-corrected chi connectivity index (χ0v) is 10.2. The molecule has 0 aromatic carbocycles. The smallest absolute Gasteiger partial charge is 0.151 e. The van der Waals surface area contributed by atoms with Crippen molar-refractivity contribution < 1.29 is 0 Å². The molecular weight excluding hydrogens is 319 g/mol. The zero-order valence-electron chi connectivity index (χ0n) is 8.05. The molecule has 3 aromatic rings. The number of nitrogens with two attached hydrogens (primary N) is 1. The molecule has 0 bridgehead atoms. The number of hydrogen-bond acceptors (Lipinski definition) is 4. The monoisotopic (exact) mass is 326 g/mol. The number of fused-ring (bicyclic) bond motifs is 1. The van der Waals surface area contributed by atoms with Crippen molar-refractivity contribution >= 4 is 39.4 Å². The summed E-state index contributed by atoms with van der Waals surface area (Å²) in [6.45, 7) is 0. The van der Waals surface area contributed by atoms with Crippen LogP contribution in [-0.2, 0) is 0 Å². The molecule has 0 aliphatic carbocycles. The second-order valence-corrected chi connectivity index (χ2v) is 4.42. The zero-order chi connectivity index (χ0) is 11.1. The summed E-state index contributed by atoms with van der Waals surface area (Å²) in [6, 6.07) is 0. The van der Waals surface area contributed by atoms with Crippen molar-refractivity contribution in [1.29, 1.82) is 0 Å². The van der Waals surface area contributed by atoms with Crippen LogP contribution in [0.3, 0.4) is 0 Å². The lowest BCUT2D eigenvalue weighted by Gasteiger charge is -1.99. The van der Waals surface area contributed by atoms with E-state index in [2.05, 4.69) is 42.8 Å². The summed E-state index contributed by atoms with van der Waals surface area (Å²) in [6.07, 6.45) is 6.95. The molecule has 0 amide bonds. The fraction of sp³-hybridized carbons (Fsp3) is 0. The van der Waals surface area contributed by atoms with Gasteiger partial charge in [-0.05, 0) is 22.6 Å². The molecule has 80 valence electrons. The van der Waals surface area contributed by atoms with Gasteiger partial charge in [-0.3, -0.25) is 9.67 Å². The number of nitrogens with zero attached hydrogens (tertiary/aromatic N) is 4. The minimum absolute atomic E-state index is 0.497. The van der Waals surface area contributed by atoms with Crippen LogP contribution >= 0.6 is 22.6 Å². The Kier molecular flexibility index (Phi) is 2.06. The van der Waals surface area contributed by atoms with Crippen molar-refractivity contribution in [1.82, 2.24) is 24.7 Å². The highest BCUT2D eigenvalue weighted by molar-refractivity contribution is 14.1. The number of hydrogen-bond donors (Lipinski definition) is 2. The summed E-state index contributed by atoms with van der Waals surface area (Å²) in [7, 11) is 0. The number of rotatable bonds is 1. The van der Waals surface area contributed by atoms with Crippen LogP contribution in [0.4, 0.5) is 5.82 Å². The number of aromatic amines is 1. The van der Waals surface area contributed by atoms with E-state index in [1.165, 1.54) is 6.33 Å². The molecular formula is C9H7IN6. The van der Waals surface area contributed by atoms with Gasteiger partial charge in [-0.15, -0.1) is 0 Å². The first-order chi connectivity index (χ1) is 7.77. The summed E-state index contributed by atoms with van der Waals surface area (Å²) in [5.74, 6) is 0.497. The SMILES string of the molecule is Nc1ncnc2c1c(I)cn2-c1cn[nH]c1. The van der Waals surface area contributed by atoms with E-state index in [1.807, 2.05) is 10.8 Å². The van der Waals surface area contributed by atoms with E-state index < -0.39 is 0 Å². The van der Waals surface area contributed by atoms with Gasteiger partial charge >= 0.3 is 0 Å². The van der Waals surface area contributed by atoms with Gasteiger partial charge in [0, 0.05) is 16.0 Å². The fourth-order valence-corrected chi connectivity index (χ4v) is 2.41. The summed E-state index contributed by atoms with van der Waals surface area (Å²) in [5, 5.41) is 7.56. The first-order valence-corrected chi connectivity index (χ1v) is 5.61. The van der Waals surface area contributed by atoms with Gasteiger partial charge in [-0.1, -0.05) is 0 Å². The van der Waals surface area contributed by atoms with E-state index in [-0.39, 0.29) is 0 Å². The van der Waals surface area contributed by atoms with Crippen molar-refractivity contribution in [3.8, 4) is 5.69 Å². The lowest BCUT2D eigenvalue weighted by molar-refractivity contribution is 1.08. The number of anilines is 1. The molecule has 3 N–H and O–H groups in total. The lowest BCUT2D eigenvalue weighted by Crippen LogP contribution is -1.95. The second kappa shape index (κ2) is 3.44. The fourth-order valence-electron chi connectivity index (χ4n) is 1.61. The second-order valence-electron chi connectivity index (χ2n) is 3.26. The molecule has 0 atom stereocenters. The Morgan fingerprint density at radius 3 is 3.00 bits per heavy atom. The molecule has 0 aliphatic heterocycles. The van der Waals surface area contributed by atoms with Crippen LogP contribution in [0.25, 0.3) is 16.7 Å². The highest BCUT2D eigenvalue weighted by Gasteiger charge is 2.12. The molecule has 0 saturated heterocycles. The number of halogens is 1. The van der Waals surface area contributed by atoms with Gasteiger partial charge in [-0.25, -0.2) is 9.97 Å². The maximum atomic E-state index is 5.83. The van der Waals surface area contributed by atoms with Gasteiger partial charge in [0.2, 0.25) is 0 Å². The molecule has 3 aromatic heterocycles. The standard InChI is InChI=1S/C9H7IN6/c10-6-3-16(5-1-14-15-2-5)9-7(6)8(11)12-4-13-9/h1-4H,(H,14,15)(H2,11,12,13). The minimum Gasteiger partial charge on any atom is -0.383 e. The lowest BCUT2D eigenvalue weighted by atomic mass is 10.4. The number of H-pyrrole nitrogens is 1. The van der Waals surface area contributed by atoms with Gasteiger partial charge in [0.1, 0.15) is 12.1 Å². The Morgan fingerprint density at radius 1 is 1.38 bits per heavy atom. The Bertz CT molecular complexity index is 641. The summed E-state index contributed by atoms with van der Waals surface area (Å²) in [4.78, 5) is 8.23. The van der Waals surface area contributed by atoms with Crippen molar-refractivity contribution in [2.24, 2.45) is 0 Å². The van der Waals surface area contributed by atoms with Crippen LogP contribution < -0.4 is 5.73 Å². The van der Waals surface area contributed by atoms with Gasteiger partial charge in [0.25, 0.3) is 0 Å². The molecule has 3 heterocycles. The Morgan fingerprint density at radius 2 is 2.25 bits per heavy atom. The van der Waals surface area contributed by atoms with E-state index in [1.54, 1.807) is 12.4 Å². The van der Waals surface area contributed by atoms with Gasteiger partial charge < -0.3 is 5.73 Å². The van der Waals surface area contributed by atoms with Gasteiger partial charge in [0.15, 0.2) is 5.65 Å². The minimum atomic E-state index is 0.497. The number of aromatic nitrogens is 5. The highest BCUT2D eigenvalue weighted by atomic mass is 127. The van der Waals surface area contributed by atoms with Crippen molar-refractivity contribution in [2.45, 2.75) is 0 Å². The average molecular weight is 326 g/mol. The maximum Gasteiger partial charge on any atom is 0.151 e. The van der Waals surface area contributed by atoms with E-state index >= 15 is 0 Å². The van der Waals surface area contributed by atoms with Gasteiger partial charge in [0.05, 0.1) is 17.3 Å². The van der Waals surface area contributed by atoms with E-state index in [0.717, 1.165) is 20.3 Å². The molecule has 0 unspecified atom stereocenters. The van der Waals surface area contributed by atoms with Crippen LogP contribution in [0.1, 0.15) is 0 Å². The third kappa shape index (κ3) is 1.28. The van der Waals surface area contributed by atoms with E-state index in [9.17, 15) is 0 Å². The molecule has 0 aliphatic rings. The predicted molar refractivity (Wildman–Crippen MR) is 68.1 cm³/mol. The molecule has 0 spiro atoms. The molecule has 0 fully saturated rings. The van der Waals surface area contributed by atoms with Crippen LogP contribution in [-0.4, -0.2) is 24.7 Å². The summed E-state index contributed by atoms with van der Waals surface area (Å²) >= 11 is 2.22. The molecule has 7 heteroatoms. The highest BCUT2D eigenvalue weighted by Crippen LogP contribution is 2.27. The molecule has 0 saturated carbocycles. The van der Waals surface area contributed by atoms with Crippen molar-refractivity contribution in [3.05, 3.63) is 28.5 Å². The maximum absolute atomic E-state index is 5.83. The molecule has 6 nitrogen and oxygen atoms in total. The number of nitrogen functional groups attached to an aromatic ring is 1. The van der Waals surface area contributed by atoms with Crippen molar-refractivity contribution in [3.63, 3.8) is 0 Å². The summed E-state index contributed by atoms with van der Waals surface area (Å²) in [5.41, 5.74) is 7.54. The molecule has 3 rings (SSSR count). The van der Waals surface area contributed by atoms with Crippen LogP contribution in [0.5, 0.6) is 0 Å². The predicted octanol–water partition coefficient (Wildman–Crippen LogP) is 1.33. The Hall–Kier alpha value is -1.64. The largest absolute Gasteiger partial charge is 0.383 e. The first kappa shape index (κ1) is 9.58.